The van der Waals surface area contributed by atoms with Gasteiger partial charge in [0.1, 0.15) is 10.2 Å². The Kier molecular flexibility index (Phi) is 6.16. The van der Waals surface area contributed by atoms with E-state index >= 15 is 0 Å². The van der Waals surface area contributed by atoms with Gasteiger partial charge in [-0.3, -0.25) is 9.48 Å². The highest BCUT2D eigenvalue weighted by Crippen LogP contribution is 2.41. The standard InChI is InChI=1S/C18H17Cl2FN4OS/c1-25-16(14(19)9-23-25)13-7-15(27-17(13)20)24-18(26)11(8-22)5-10-3-2-4-12(21)6-10/h2-4,6-7,9,11H,5,8,22H2,1H3,(H,24,26). The van der Waals surface area contributed by atoms with Crippen LogP contribution in [0.5, 0.6) is 0 Å². The molecule has 5 nitrogen and oxygen atoms in total. The molecule has 3 aromatic rings. The highest BCUT2D eigenvalue weighted by Gasteiger charge is 2.21. The lowest BCUT2D eigenvalue weighted by Gasteiger charge is -2.14. The van der Waals surface area contributed by atoms with Gasteiger partial charge in [-0.2, -0.15) is 5.10 Å². The Hall–Kier alpha value is -1.93. The molecule has 0 saturated heterocycles. The molecule has 1 unspecified atom stereocenters. The fraction of sp³-hybridized carbons (Fsp3) is 0.222. The Morgan fingerprint density at radius 2 is 2.19 bits per heavy atom. The van der Waals surface area contributed by atoms with Crippen LogP contribution in [0.4, 0.5) is 9.39 Å². The van der Waals surface area contributed by atoms with E-state index in [1.807, 2.05) is 0 Å². The average Bonchev–Trinajstić information content (AvgIpc) is 3.14. The smallest absolute Gasteiger partial charge is 0.229 e. The average molecular weight is 427 g/mol. The molecule has 1 atom stereocenters. The third-order valence-electron chi connectivity index (χ3n) is 4.11. The van der Waals surface area contributed by atoms with E-state index in [9.17, 15) is 9.18 Å². The molecule has 0 radical (unpaired) electrons. The van der Waals surface area contributed by atoms with Crippen LogP contribution in [0.25, 0.3) is 11.3 Å². The number of amides is 1. The van der Waals surface area contributed by atoms with Crippen molar-refractivity contribution in [1.29, 1.82) is 0 Å². The zero-order valence-corrected chi connectivity index (χ0v) is 16.7. The number of halogens is 3. The molecule has 0 fully saturated rings. The topological polar surface area (TPSA) is 72.9 Å². The maximum Gasteiger partial charge on any atom is 0.229 e. The van der Waals surface area contributed by atoms with E-state index in [4.69, 9.17) is 28.9 Å². The summed E-state index contributed by atoms with van der Waals surface area (Å²) in [7, 11) is 1.76. The van der Waals surface area contributed by atoms with Gasteiger partial charge in [0.15, 0.2) is 0 Å². The van der Waals surface area contributed by atoms with Crippen molar-refractivity contribution in [3.05, 3.63) is 57.3 Å². The van der Waals surface area contributed by atoms with E-state index in [-0.39, 0.29) is 18.3 Å². The maximum atomic E-state index is 13.4. The van der Waals surface area contributed by atoms with Gasteiger partial charge in [0.05, 0.1) is 27.8 Å². The number of carbonyl (C=O) groups excluding carboxylic acids is 1. The predicted molar refractivity (Wildman–Crippen MR) is 108 cm³/mol. The van der Waals surface area contributed by atoms with Crippen molar-refractivity contribution in [3.63, 3.8) is 0 Å². The van der Waals surface area contributed by atoms with Crippen molar-refractivity contribution in [2.75, 3.05) is 11.9 Å². The van der Waals surface area contributed by atoms with Gasteiger partial charge in [0.25, 0.3) is 0 Å². The Morgan fingerprint density at radius 3 is 2.81 bits per heavy atom. The molecule has 27 heavy (non-hydrogen) atoms. The Balaban J connectivity index is 1.76. The first-order chi connectivity index (χ1) is 12.9. The summed E-state index contributed by atoms with van der Waals surface area (Å²) >= 11 is 13.7. The number of anilines is 1. The van der Waals surface area contributed by atoms with Gasteiger partial charge in [-0.15, -0.1) is 11.3 Å². The first kappa shape index (κ1) is 19.8. The van der Waals surface area contributed by atoms with Crippen LogP contribution in [0.1, 0.15) is 5.56 Å². The van der Waals surface area contributed by atoms with Gasteiger partial charge in [-0.1, -0.05) is 35.3 Å². The summed E-state index contributed by atoms with van der Waals surface area (Å²) in [5, 5.41) is 7.99. The van der Waals surface area contributed by atoms with Gasteiger partial charge in [0, 0.05) is 19.2 Å². The molecule has 9 heteroatoms. The van der Waals surface area contributed by atoms with Crippen LogP contribution in [-0.4, -0.2) is 22.2 Å². The fourth-order valence-corrected chi connectivity index (χ4v) is 4.21. The summed E-state index contributed by atoms with van der Waals surface area (Å²) in [6, 6.07) is 7.90. The van der Waals surface area contributed by atoms with Gasteiger partial charge >= 0.3 is 0 Å². The number of nitrogens with one attached hydrogen (secondary N) is 1. The Morgan fingerprint density at radius 1 is 1.41 bits per heavy atom. The van der Waals surface area contributed by atoms with Crippen LogP contribution in [0, 0.1) is 11.7 Å². The molecule has 0 aliphatic heterocycles. The monoisotopic (exact) mass is 426 g/mol. The van der Waals surface area contributed by atoms with E-state index in [0.29, 0.717) is 37.6 Å². The molecule has 0 saturated carbocycles. The molecule has 1 aromatic carbocycles. The van der Waals surface area contributed by atoms with Crippen LogP contribution in [-0.2, 0) is 18.3 Å². The Bertz CT molecular complexity index is 953. The second-order valence-corrected chi connectivity index (χ2v) is 8.08. The highest BCUT2D eigenvalue weighted by molar-refractivity contribution is 7.20. The summed E-state index contributed by atoms with van der Waals surface area (Å²) in [4.78, 5) is 12.6. The molecule has 142 valence electrons. The molecule has 3 rings (SSSR count). The van der Waals surface area contributed by atoms with E-state index < -0.39 is 5.92 Å². The summed E-state index contributed by atoms with van der Waals surface area (Å²) in [6.07, 6.45) is 1.88. The first-order valence-corrected chi connectivity index (χ1v) is 9.69. The quantitative estimate of drug-likeness (QED) is 0.615. The van der Waals surface area contributed by atoms with Crippen LogP contribution >= 0.6 is 34.5 Å². The first-order valence-electron chi connectivity index (χ1n) is 8.11. The van der Waals surface area contributed by atoms with Crippen molar-refractivity contribution in [2.24, 2.45) is 18.7 Å². The second kappa shape index (κ2) is 8.39. The lowest BCUT2D eigenvalue weighted by molar-refractivity contribution is -0.119. The number of hydrogen-bond acceptors (Lipinski definition) is 4. The molecule has 0 bridgehead atoms. The normalized spacial score (nSPS) is 12.2. The van der Waals surface area contributed by atoms with E-state index in [2.05, 4.69) is 10.4 Å². The summed E-state index contributed by atoms with van der Waals surface area (Å²) in [5.41, 5.74) is 7.84. The molecule has 3 N–H and O–H groups in total. The van der Waals surface area contributed by atoms with Crippen LogP contribution in [0.2, 0.25) is 9.36 Å². The molecular formula is C18H17Cl2FN4OS. The van der Waals surface area contributed by atoms with E-state index in [1.54, 1.807) is 29.9 Å². The van der Waals surface area contributed by atoms with E-state index in [1.165, 1.54) is 29.7 Å². The largest absolute Gasteiger partial charge is 0.330 e. The fourth-order valence-electron chi connectivity index (χ4n) is 2.76. The minimum absolute atomic E-state index is 0.141. The molecular weight excluding hydrogens is 410 g/mol. The number of aryl methyl sites for hydroxylation is 1. The number of hydrogen-bond donors (Lipinski definition) is 2. The lowest BCUT2D eigenvalue weighted by Crippen LogP contribution is -2.30. The third-order valence-corrected chi connectivity index (χ3v) is 5.66. The minimum Gasteiger partial charge on any atom is -0.330 e. The van der Waals surface area contributed by atoms with Crippen molar-refractivity contribution >= 4 is 45.4 Å². The molecule has 0 aliphatic carbocycles. The SMILES string of the molecule is Cn1ncc(Cl)c1-c1cc(NC(=O)C(CN)Cc2cccc(F)c2)sc1Cl. The van der Waals surface area contributed by atoms with Crippen LogP contribution < -0.4 is 11.1 Å². The number of benzene rings is 1. The molecule has 1 amide bonds. The maximum absolute atomic E-state index is 13.4. The van der Waals surface area contributed by atoms with Crippen LogP contribution in [0.15, 0.2) is 36.5 Å². The van der Waals surface area contributed by atoms with Gasteiger partial charge in [-0.25, -0.2) is 4.39 Å². The number of carbonyl (C=O) groups is 1. The van der Waals surface area contributed by atoms with Crippen molar-refractivity contribution in [3.8, 4) is 11.3 Å². The summed E-state index contributed by atoms with van der Waals surface area (Å²) in [6.45, 7) is 0.141. The van der Waals surface area contributed by atoms with Crippen LogP contribution in [0.3, 0.4) is 0 Å². The number of aromatic nitrogens is 2. The molecule has 0 aliphatic rings. The number of nitrogens with two attached hydrogens (primary N) is 1. The predicted octanol–water partition coefficient (Wildman–Crippen LogP) is 4.35. The zero-order valence-electron chi connectivity index (χ0n) is 14.4. The van der Waals surface area contributed by atoms with Crippen molar-refractivity contribution < 1.29 is 9.18 Å². The van der Waals surface area contributed by atoms with Gasteiger partial charge in [-0.05, 0) is 30.2 Å². The molecule has 2 aromatic heterocycles. The summed E-state index contributed by atoms with van der Waals surface area (Å²) in [5.74, 6) is -1.08. The van der Waals surface area contributed by atoms with Crippen molar-refractivity contribution in [2.45, 2.75) is 6.42 Å². The zero-order chi connectivity index (χ0) is 19.6. The molecule has 2 heterocycles. The van der Waals surface area contributed by atoms with Gasteiger partial charge < -0.3 is 11.1 Å². The van der Waals surface area contributed by atoms with Crippen molar-refractivity contribution in [1.82, 2.24) is 9.78 Å². The van der Waals surface area contributed by atoms with Gasteiger partial charge in [0.2, 0.25) is 5.91 Å². The molecule has 0 spiro atoms. The Labute approximate surface area is 169 Å². The minimum atomic E-state index is -0.489. The second-order valence-electron chi connectivity index (χ2n) is 6.02. The third kappa shape index (κ3) is 4.50. The summed E-state index contributed by atoms with van der Waals surface area (Å²) < 4.78 is 15.5. The van der Waals surface area contributed by atoms with E-state index in [0.717, 1.165) is 0 Å². The number of nitrogens with zero attached hydrogens (tertiary/aromatic N) is 2. The highest BCUT2D eigenvalue weighted by atomic mass is 35.5. The number of thiophene rings is 1. The lowest BCUT2D eigenvalue weighted by atomic mass is 9.98. The number of rotatable bonds is 6.